The van der Waals surface area contributed by atoms with Crippen LogP contribution in [0.4, 0.5) is 0 Å². The maximum absolute atomic E-state index is 8.88. The first-order valence-corrected chi connectivity index (χ1v) is 9.20. The van der Waals surface area contributed by atoms with Gasteiger partial charge in [-0.15, -0.1) is 0 Å². The minimum atomic E-state index is -4.64. The Morgan fingerprint density at radius 1 is 0.815 bits per heavy atom. The lowest BCUT2D eigenvalue weighted by molar-refractivity contribution is 0.275. The second kappa shape index (κ2) is 9.54. The van der Waals surface area contributed by atoms with Crippen molar-refractivity contribution in [1.29, 1.82) is 0 Å². The SMILES string of the molecule is O=P(O)(O)O.[N-]=[N+]=NOc1cccc(-c2ccccc2)c1-c1ccccc1. The van der Waals surface area contributed by atoms with Crippen LogP contribution in [0.2, 0.25) is 0 Å². The normalized spacial score (nSPS) is 10.2. The van der Waals surface area contributed by atoms with Crippen molar-refractivity contribution in [2.75, 3.05) is 0 Å². The lowest BCUT2D eigenvalue weighted by Crippen LogP contribution is -1.90. The lowest BCUT2D eigenvalue weighted by atomic mass is 9.94. The van der Waals surface area contributed by atoms with Gasteiger partial charge in [0.25, 0.3) is 0 Å². The molecule has 0 saturated heterocycles. The Labute approximate surface area is 155 Å². The second-order valence-electron chi connectivity index (χ2n) is 5.19. The van der Waals surface area contributed by atoms with E-state index in [2.05, 4.69) is 10.2 Å². The lowest BCUT2D eigenvalue weighted by Gasteiger charge is -2.13. The summed E-state index contributed by atoms with van der Waals surface area (Å²) in [6, 6.07) is 25.7. The summed E-state index contributed by atoms with van der Waals surface area (Å²) in [5, 5.41) is 3.24. The number of phosphoric acid groups is 1. The van der Waals surface area contributed by atoms with E-state index in [0.29, 0.717) is 5.75 Å². The second-order valence-corrected chi connectivity index (χ2v) is 6.21. The van der Waals surface area contributed by atoms with Crippen LogP contribution in [-0.2, 0) is 4.57 Å². The molecule has 3 aromatic rings. The topological polar surface area (TPSA) is 136 Å². The zero-order chi connectivity index (χ0) is 19.7. The Kier molecular flexibility index (Phi) is 7.14. The fourth-order valence-corrected chi connectivity index (χ4v) is 2.43. The van der Waals surface area contributed by atoms with Crippen LogP contribution in [0.25, 0.3) is 32.7 Å². The molecule has 0 heterocycles. The van der Waals surface area contributed by atoms with Gasteiger partial charge in [-0.3, -0.25) is 0 Å². The number of benzene rings is 3. The van der Waals surface area contributed by atoms with Crippen LogP contribution in [0.15, 0.2) is 84.1 Å². The molecule has 27 heavy (non-hydrogen) atoms. The van der Waals surface area contributed by atoms with E-state index in [9.17, 15) is 0 Å². The van der Waals surface area contributed by atoms with Crippen molar-refractivity contribution in [2.45, 2.75) is 0 Å². The van der Waals surface area contributed by atoms with Gasteiger partial charge >= 0.3 is 7.82 Å². The number of azide groups is 1. The molecule has 0 aliphatic rings. The van der Waals surface area contributed by atoms with Gasteiger partial charge in [0.1, 0.15) is 11.0 Å². The molecule has 0 fully saturated rings. The molecular formula is C18H16N3O5P. The van der Waals surface area contributed by atoms with Crippen molar-refractivity contribution < 1.29 is 24.1 Å². The van der Waals surface area contributed by atoms with Gasteiger partial charge in [-0.2, -0.15) is 0 Å². The van der Waals surface area contributed by atoms with Gasteiger partial charge in [-0.1, -0.05) is 72.8 Å². The van der Waals surface area contributed by atoms with Gasteiger partial charge in [0.2, 0.25) is 0 Å². The molecule has 0 amide bonds. The zero-order valence-corrected chi connectivity index (χ0v) is 14.8. The third-order valence-electron chi connectivity index (χ3n) is 3.35. The molecule has 0 unspecified atom stereocenters. The standard InChI is InChI=1S/C18H13N3O.H3O4P/c19-20-21-22-17-13-7-12-16(14-8-3-1-4-9-14)18(17)15-10-5-2-6-11-15;1-5(2,3)4/h1-13H;(H3,1,2,3,4). The van der Waals surface area contributed by atoms with E-state index < -0.39 is 7.82 Å². The monoisotopic (exact) mass is 385 g/mol. The van der Waals surface area contributed by atoms with Crippen molar-refractivity contribution in [1.82, 2.24) is 0 Å². The fraction of sp³-hybridized carbons (Fsp3) is 0. The van der Waals surface area contributed by atoms with Crippen LogP contribution in [0, 0.1) is 0 Å². The Morgan fingerprint density at radius 2 is 1.33 bits per heavy atom. The summed E-state index contributed by atoms with van der Waals surface area (Å²) in [7, 11) is -4.64. The van der Waals surface area contributed by atoms with E-state index >= 15 is 0 Å². The molecule has 0 radical (unpaired) electrons. The molecule has 3 rings (SSSR count). The van der Waals surface area contributed by atoms with Crippen LogP contribution in [0.3, 0.4) is 0 Å². The van der Waals surface area contributed by atoms with Crippen molar-refractivity contribution in [3.05, 3.63) is 89.3 Å². The minimum Gasteiger partial charge on any atom is -0.393 e. The number of rotatable bonds is 4. The van der Waals surface area contributed by atoms with E-state index in [1.54, 1.807) is 6.07 Å². The summed E-state index contributed by atoms with van der Waals surface area (Å²) in [4.78, 5) is 29.4. The van der Waals surface area contributed by atoms with E-state index in [0.717, 1.165) is 22.3 Å². The summed E-state index contributed by atoms with van der Waals surface area (Å²) in [6.07, 6.45) is 0. The van der Waals surface area contributed by atoms with Crippen LogP contribution in [0.5, 0.6) is 5.75 Å². The van der Waals surface area contributed by atoms with E-state index in [-0.39, 0.29) is 0 Å². The molecule has 0 aromatic heterocycles. The van der Waals surface area contributed by atoms with Gasteiger partial charge < -0.3 is 19.5 Å². The van der Waals surface area contributed by atoms with Crippen LogP contribution < -0.4 is 4.84 Å². The molecule has 9 heteroatoms. The molecule has 0 aliphatic carbocycles. The molecule has 138 valence electrons. The summed E-state index contributed by atoms with van der Waals surface area (Å²) in [5.74, 6) is 0.533. The molecular weight excluding hydrogens is 369 g/mol. The van der Waals surface area contributed by atoms with E-state index in [1.165, 1.54) is 0 Å². The number of hydrogen-bond donors (Lipinski definition) is 3. The largest absolute Gasteiger partial charge is 0.466 e. The maximum atomic E-state index is 8.88. The maximum Gasteiger partial charge on any atom is 0.466 e. The van der Waals surface area contributed by atoms with Crippen molar-refractivity contribution in [2.24, 2.45) is 5.28 Å². The van der Waals surface area contributed by atoms with Gasteiger partial charge in [0.05, 0.1) is 0 Å². The fourth-order valence-electron chi connectivity index (χ4n) is 2.43. The van der Waals surface area contributed by atoms with Crippen molar-refractivity contribution in [3.63, 3.8) is 0 Å². The molecule has 3 N–H and O–H groups in total. The van der Waals surface area contributed by atoms with Gasteiger partial charge in [0.15, 0.2) is 0 Å². The van der Waals surface area contributed by atoms with Crippen molar-refractivity contribution in [3.8, 4) is 28.0 Å². The molecule has 0 atom stereocenters. The third kappa shape index (κ3) is 6.60. The summed E-state index contributed by atoms with van der Waals surface area (Å²) >= 11 is 0. The molecule has 8 nitrogen and oxygen atoms in total. The summed E-state index contributed by atoms with van der Waals surface area (Å²) in [5.41, 5.74) is 12.5. The highest BCUT2D eigenvalue weighted by atomic mass is 31.2. The minimum absolute atomic E-state index is 0.533. The predicted molar refractivity (Wildman–Crippen MR) is 101 cm³/mol. The molecule has 0 saturated carbocycles. The van der Waals surface area contributed by atoms with Gasteiger partial charge in [-0.05, 0) is 28.3 Å². The first kappa shape index (κ1) is 20.2. The predicted octanol–water partition coefficient (Wildman–Crippen LogP) is 4.70. The molecule has 3 aromatic carbocycles. The highest BCUT2D eigenvalue weighted by molar-refractivity contribution is 7.45. The van der Waals surface area contributed by atoms with Crippen LogP contribution >= 0.6 is 7.82 Å². The van der Waals surface area contributed by atoms with Gasteiger partial charge in [-0.25, -0.2) is 4.57 Å². The smallest absolute Gasteiger partial charge is 0.393 e. The van der Waals surface area contributed by atoms with Gasteiger partial charge in [0, 0.05) is 10.5 Å². The summed E-state index contributed by atoms with van der Waals surface area (Å²) < 4.78 is 8.88. The highest BCUT2D eigenvalue weighted by Crippen LogP contribution is 2.39. The molecule has 0 bridgehead atoms. The van der Waals surface area contributed by atoms with Crippen LogP contribution in [-0.4, -0.2) is 14.7 Å². The zero-order valence-electron chi connectivity index (χ0n) is 14.0. The first-order valence-electron chi connectivity index (χ1n) is 7.63. The Morgan fingerprint density at radius 3 is 1.85 bits per heavy atom. The average molecular weight is 385 g/mol. The molecule has 0 aliphatic heterocycles. The Balaban J connectivity index is 0.000000465. The molecule has 0 spiro atoms. The Bertz CT molecular complexity index is 963. The highest BCUT2D eigenvalue weighted by Gasteiger charge is 2.13. The van der Waals surface area contributed by atoms with Crippen LogP contribution in [0.1, 0.15) is 0 Å². The van der Waals surface area contributed by atoms with Crippen molar-refractivity contribution >= 4 is 7.82 Å². The average Bonchev–Trinajstić information content (AvgIpc) is 2.66. The first-order chi connectivity index (χ1) is 12.9. The number of hydrogen-bond acceptors (Lipinski definition) is 3. The van der Waals surface area contributed by atoms with E-state index in [1.807, 2.05) is 72.8 Å². The third-order valence-corrected chi connectivity index (χ3v) is 3.35. The quantitative estimate of drug-likeness (QED) is 0.197. The number of nitrogens with zero attached hydrogens (tertiary/aromatic N) is 3. The summed E-state index contributed by atoms with van der Waals surface area (Å²) in [6.45, 7) is 0. The van der Waals surface area contributed by atoms with E-state index in [4.69, 9.17) is 29.6 Å². The Hall–Kier alpha value is -3.12.